The summed E-state index contributed by atoms with van der Waals surface area (Å²) in [5.74, 6) is 1.21. The van der Waals surface area contributed by atoms with Crippen LogP contribution in [0, 0.1) is 5.82 Å². The number of hydrogen-bond acceptors (Lipinski definition) is 6. The van der Waals surface area contributed by atoms with E-state index in [-0.39, 0.29) is 28.5 Å². The van der Waals surface area contributed by atoms with Crippen LogP contribution < -0.4 is 20.9 Å². The highest BCUT2D eigenvalue weighted by atomic mass is 35.5. The molecular formula is C17H14ClFN4O2. The fraction of sp³-hybridized carbons (Fsp3) is 0.176. The molecule has 0 saturated heterocycles. The highest BCUT2D eigenvalue weighted by molar-refractivity contribution is 6.30. The summed E-state index contributed by atoms with van der Waals surface area (Å²) in [4.78, 5) is 8.20. The van der Waals surface area contributed by atoms with Gasteiger partial charge in [-0.2, -0.15) is 4.98 Å². The Hall–Kier alpha value is -2.80. The number of nitrogens with two attached hydrogens (primary N) is 2. The van der Waals surface area contributed by atoms with E-state index in [1.165, 1.54) is 18.2 Å². The number of fused-ring (bicyclic) bond motifs is 3. The second-order valence-electron chi connectivity index (χ2n) is 5.90. The Morgan fingerprint density at radius 3 is 2.80 bits per heavy atom. The van der Waals surface area contributed by atoms with Crippen molar-refractivity contribution in [3.63, 3.8) is 0 Å². The predicted octanol–water partition coefficient (Wildman–Crippen LogP) is 3.87. The smallest absolute Gasteiger partial charge is 0.222 e. The molecule has 1 aromatic heterocycles. The average Bonchev–Trinajstić information content (AvgIpc) is 2.87. The van der Waals surface area contributed by atoms with Crippen LogP contribution in [-0.4, -0.2) is 16.6 Å². The fourth-order valence-corrected chi connectivity index (χ4v) is 3.22. The lowest BCUT2D eigenvalue weighted by atomic mass is 9.99. The van der Waals surface area contributed by atoms with Crippen LogP contribution in [0.15, 0.2) is 24.3 Å². The van der Waals surface area contributed by atoms with E-state index in [1.54, 1.807) is 6.07 Å². The molecule has 0 radical (unpaired) electrons. The van der Waals surface area contributed by atoms with Crippen molar-refractivity contribution >= 4 is 34.3 Å². The van der Waals surface area contributed by atoms with Gasteiger partial charge in [-0.1, -0.05) is 18.5 Å². The van der Waals surface area contributed by atoms with Crippen molar-refractivity contribution in [1.29, 1.82) is 0 Å². The Balaban J connectivity index is 1.93. The summed E-state index contributed by atoms with van der Waals surface area (Å²) in [5.41, 5.74) is 13.0. The minimum absolute atomic E-state index is 0.0516. The summed E-state index contributed by atoms with van der Waals surface area (Å²) in [6.45, 7) is 2.47. The van der Waals surface area contributed by atoms with Gasteiger partial charge >= 0.3 is 0 Å². The lowest BCUT2D eigenvalue weighted by Gasteiger charge is -2.14. The minimum Gasteiger partial charge on any atom is -0.492 e. The lowest BCUT2D eigenvalue weighted by molar-refractivity contribution is 0.340. The van der Waals surface area contributed by atoms with Crippen molar-refractivity contribution < 1.29 is 13.9 Å². The number of rotatable bonds is 2. The molecule has 0 amide bonds. The summed E-state index contributed by atoms with van der Waals surface area (Å²) in [7, 11) is 0. The van der Waals surface area contributed by atoms with Gasteiger partial charge in [0.15, 0.2) is 0 Å². The van der Waals surface area contributed by atoms with Crippen LogP contribution >= 0.6 is 11.6 Å². The second kappa shape index (κ2) is 5.63. The van der Waals surface area contributed by atoms with Crippen LogP contribution in [0.5, 0.6) is 17.2 Å². The molecule has 2 heterocycles. The van der Waals surface area contributed by atoms with Gasteiger partial charge in [0, 0.05) is 28.6 Å². The molecule has 6 nitrogen and oxygen atoms in total. The van der Waals surface area contributed by atoms with Crippen molar-refractivity contribution in [3.05, 3.63) is 40.7 Å². The van der Waals surface area contributed by atoms with Crippen molar-refractivity contribution in [2.24, 2.45) is 0 Å². The number of benzene rings is 2. The molecule has 128 valence electrons. The molecule has 0 aliphatic carbocycles. The van der Waals surface area contributed by atoms with Crippen molar-refractivity contribution in [2.75, 3.05) is 18.1 Å². The van der Waals surface area contributed by atoms with Crippen LogP contribution in [-0.2, 0) is 0 Å². The number of hydrogen-bond donors (Lipinski definition) is 2. The third kappa shape index (κ3) is 2.66. The first kappa shape index (κ1) is 15.7. The third-order valence-electron chi connectivity index (χ3n) is 4.02. The monoisotopic (exact) mass is 360 g/mol. The molecule has 2 aromatic carbocycles. The number of nitrogens with zero attached hydrogens (tertiary/aromatic N) is 2. The Bertz CT molecular complexity index is 992. The maximum atomic E-state index is 13.6. The molecule has 3 aromatic rings. The fourth-order valence-electron chi connectivity index (χ4n) is 3.01. The van der Waals surface area contributed by atoms with Crippen LogP contribution in [0.1, 0.15) is 18.4 Å². The standard InChI is InChI=1S/C17H14ClFN4O2/c1-7-6-24-15-13(7)12(25-10-3-8(18)2-9(19)4-10)5-11-14(15)16(20)23-17(21)22-11/h2-5,7H,6H2,1H3,(H4,20,21,22,23). The van der Waals surface area contributed by atoms with E-state index in [0.29, 0.717) is 29.0 Å². The van der Waals surface area contributed by atoms with E-state index >= 15 is 0 Å². The Morgan fingerprint density at radius 2 is 2.04 bits per heavy atom. The van der Waals surface area contributed by atoms with Crippen molar-refractivity contribution in [3.8, 4) is 17.2 Å². The van der Waals surface area contributed by atoms with Crippen LogP contribution in [0.4, 0.5) is 16.2 Å². The molecule has 4 N–H and O–H groups in total. The van der Waals surface area contributed by atoms with Gasteiger partial charge in [0.05, 0.1) is 17.5 Å². The number of aromatic nitrogens is 2. The van der Waals surface area contributed by atoms with E-state index in [9.17, 15) is 4.39 Å². The summed E-state index contributed by atoms with van der Waals surface area (Å²) in [6, 6.07) is 5.70. The molecule has 8 heteroatoms. The molecule has 1 aliphatic heterocycles. The molecule has 0 saturated carbocycles. The highest BCUT2D eigenvalue weighted by Crippen LogP contribution is 2.48. The van der Waals surface area contributed by atoms with Gasteiger partial charge in [0.25, 0.3) is 0 Å². The summed E-state index contributed by atoms with van der Waals surface area (Å²) in [5, 5.41) is 0.839. The largest absolute Gasteiger partial charge is 0.492 e. The zero-order chi connectivity index (χ0) is 17.7. The Kier molecular flexibility index (Phi) is 3.54. The van der Waals surface area contributed by atoms with Gasteiger partial charge in [-0.05, 0) is 12.1 Å². The molecule has 0 fully saturated rings. The van der Waals surface area contributed by atoms with E-state index in [0.717, 1.165) is 5.56 Å². The van der Waals surface area contributed by atoms with Gasteiger partial charge in [-0.25, -0.2) is 9.37 Å². The molecule has 1 aliphatic rings. The number of anilines is 2. The molecule has 1 atom stereocenters. The highest BCUT2D eigenvalue weighted by Gasteiger charge is 2.29. The minimum atomic E-state index is -0.486. The Labute approximate surface area is 147 Å². The van der Waals surface area contributed by atoms with Gasteiger partial charge in [0.2, 0.25) is 5.95 Å². The lowest BCUT2D eigenvalue weighted by Crippen LogP contribution is -2.02. The van der Waals surface area contributed by atoms with Gasteiger partial charge < -0.3 is 20.9 Å². The van der Waals surface area contributed by atoms with Crippen molar-refractivity contribution in [1.82, 2.24) is 9.97 Å². The first-order chi connectivity index (χ1) is 11.9. The topological polar surface area (TPSA) is 96.3 Å². The number of ether oxygens (including phenoxy) is 2. The van der Waals surface area contributed by atoms with E-state index in [2.05, 4.69) is 9.97 Å². The third-order valence-corrected chi connectivity index (χ3v) is 4.24. The molecule has 0 spiro atoms. The van der Waals surface area contributed by atoms with E-state index < -0.39 is 5.82 Å². The van der Waals surface area contributed by atoms with Crippen LogP contribution in [0.3, 0.4) is 0 Å². The number of nitrogen functional groups attached to an aromatic ring is 2. The molecule has 1 unspecified atom stereocenters. The molecule has 0 bridgehead atoms. The summed E-state index contributed by atoms with van der Waals surface area (Å²) >= 11 is 5.90. The molecule has 25 heavy (non-hydrogen) atoms. The van der Waals surface area contributed by atoms with E-state index in [1.807, 2.05) is 6.92 Å². The van der Waals surface area contributed by atoms with Crippen LogP contribution in [0.25, 0.3) is 10.9 Å². The Morgan fingerprint density at radius 1 is 1.24 bits per heavy atom. The van der Waals surface area contributed by atoms with Gasteiger partial charge in [-0.3, -0.25) is 0 Å². The summed E-state index contributed by atoms with van der Waals surface area (Å²) in [6.07, 6.45) is 0. The maximum Gasteiger partial charge on any atom is 0.222 e. The summed E-state index contributed by atoms with van der Waals surface area (Å²) < 4.78 is 25.3. The quantitative estimate of drug-likeness (QED) is 0.720. The van der Waals surface area contributed by atoms with Gasteiger partial charge in [-0.15, -0.1) is 0 Å². The number of halogens is 2. The first-order valence-electron chi connectivity index (χ1n) is 7.58. The van der Waals surface area contributed by atoms with Crippen molar-refractivity contribution in [2.45, 2.75) is 12.8 Å². The SMILES string of the molecule is CC1COc2c1c(Oc1cc(F)cc(Cl)c1)cc1nc(N)nc(N)c21. The average molecular weight is 361 g/mol. The van der Waals surface area contributed by atoms with E-state index in [4.69, 9.17) is 32.5 Å². The zero-order valence-electron chi connectivity index (χ0n) is 13.2. The predicted molar refractivity (Wildman–Crippen MR) is 93.8 cm³/mol. The second-order valence-corrected chi connectivity index (χ2v) is 6.33. The normalized spacial score (nSPS) is 15.9. The molecule has 4 rings (SSSR count). The maximum absolute atomic E-state index is 13.6. The molecular weight excluding hydrogens is 347 g/mol. The van der Waals surface area contributed by atoms with Gasteiger partial charge in [0.1, 0.15) is 28.9 Å². The first-order valence-corrected chi connectivity index (χ1v) is 7.96. The van der Waals surface area contributed by atoms with Crippen LogP contribution in [0.2, 0.25) is 5.02 Å². The zero-order valence-corrected chi connectivity index (χ0v) is 14.0.